The van der Waals surface area contributed by atoms with Gasteiger partial charge in [-0.3, -0.25) is 9.59 Å². The van der Waals surface area contributed by atoms with Crippen molar-refractivity contribution in [1.82, 2.24) is 10.6 Å². The minimum atomic E-state index is -0.594. The van der Waals surface area contributed by atoms with Gasteiger partial charge in [0.2, 0.25) is 0 Å². The number of carbonyl (C=O) groups is 2. The van der Waals surface area contributed by atoms with Crippen molar-refractivity contribution >= 4 is 11.8 Å². The van der Waals surface area contributed by atoms with Gasteiger partial charge in [-0.25, -0.2) is 0 Å². The number of ether oxygens (including phenoxy) is 2. The van der Waals surface area contributed by atoms with Gasteiger partial charge < -0.3 is 20.1 Å². The van der Waals surface area contributed by atoms with Gasteiger partial charge >= 0.3 is 11.8 Å². The fraction of sp³-hybridized carbons (Fsp3) is 0.833. The summed E-state index contributed by atoms with van der Waals surface area (Å²) in [6.45, 7) is 2.30. The Labute approximate surface area is 106 Å². The van der Waals surface area contributed by atoms with E-state index in [1.165, 1.54) is 0 Å². The van der Waals surface area contributed by atoms with Crippen LogP contribution in [-0.4, -0.2) is 50.3 Å². The quantitative estimate of drug-likeness (QED) is 0.670. The summed E-state index contributed by atoms with van der Waals surface area (Å²) in [7, 11) is 0. The molecule has 0 radical (unpaired) electrons. The third-order valence-corrected chi connectivity index (χ3v) is 3.23. The predicted molar refractivity (Wildman–Crippen MR) is 64.0 cm³/mol. The fourth-order valence-electron chi connectivity index (χ4n) is 2.18. The van der Waals surface area contributed by atoms with Crippen molar-refractivity contribution in [2.75, 3.05) is 26.3 Å². The number of hydrogen-bond acceptors (Lipinski definition) is 4. The largest absolute Gasteiger partial charge is 0.376 e. The first-order valence-electron chi connectivity index (χ1n) is 6.55. The van der Waals surface area contributed by atoms with Crippen molar-refractivity contribution in [3.63, 3.8) is 0 Å². The van der Waals surface area contributed by atoms with E-state index in [-0.39, 0.29) is 12.2 Å². The van der Waals surface area contributed by atoms with E-state index >= 15 is 0 Å². The zero-order chi connectivity index (χ0) is 12.8. The number of nitrogens with one attached hydrogen (secondary N) is 2. The lowest BCUT2D eigenvalue weighted by molar-refractivity contribution is -0.139. The van der Waals surface area contributed by atoms with Crippen molar-refractivity contribution in [1.29, 1.82) is 0 Å². The lowest BCUT2D eigenvalue weighted by Crippen LogP contribution is -2.44. The third kappa shape index (κ3) is 3.96. The zero-order valence-corrected chi connectivity index (χ0v) is 10.4. The van der Waals surface area contributed by atoms with Gasteiger partial charge in [-0.15, -0.1) is 0 Å². The molecule has 2 saturated heterocycles. The molecule has 2 aliphatic heterocycles. The van der Waals surface area contributed by atoms with Crippen LogP contribution in [0.5, 0.6) is 0 Å². The van der Waals surface area contributed by atoms with Crippen LogP contribution < -0.4 is 10.6 Å². The molecule has 2 N–H and O–H groups in total. The molecule has 0 aliphatic carbocycles. The maximum atomic E-state index is 11.5. The number of rotatable bonds is 4. The van der Waals surface area contributed by atoms with Crippen molar-refractivity contribution in [2.24, 2.45) is 0 Å². The van der Waals surface area contributed by atoms with Gasteiger partial charge in [0.1, 0.15) is 0 Å². The van der Waals surface area contributed by atoms with Crippen LogP contribution in [0.4, 0.5) is 0 Å². The van der Waals surface area contributed by atoms with Crippen LogP contribution in [-0.2, 0) is 19.1 Å². The van der Waals surface area contributed by atoms with Gasteiger partial charge in [0.05, 0.1) is 12.2 Å². The molecule has 0 saturated carbocycles. The average Bonchev–Trinajstić information content (AvgIpc) is 3.05. The maximum absolute atomic E-state index is 11.5. The van der Waals surface area contributed by atoms with Gasteiger partial charge in [-0.2, -0.15) is 0 Å². The Morgan fingerprint density at radius 1 is 0.889 bits per heavy atom. The summed E-state index contributed by atoms with van der Waals surface area (Å²) >= 11 is 0. The van der Waals surface area contributed by atoms with E-state index in [4.69, 9.17) is 9.47 Å². The molecule has 6 nitrogen and oxygen atoms in total. The van der Waals surface area contributed by atoms with E-state index in [1.54, 1.807) is 0 Å². The molecule has 2 atom stereocenters. The zero-order valence-electron chi connectivity index (χ0n) is 10.4. The van der Waals surface area contributed by atoms with Crippen molar-refractivity contribution in [3.8, 4) is 0 Å². The monoisotopic (exact) mass is 256 g/mol. The molecular weight excluding hydrogens is 236 g/mol. The van der Waals surface area contributed by atoms with Crippen LogP contribution in [0.15, 0.2) is 0 Å². The molecule has 6 heteroatoms. The number of amides is 2. The molecule has 2 amide bonds. The lowest BCUT2D eigenvalue weighted by Gasteiger charge is -2.12. The Bertz CT molecular complexity index is 266. The van der Waals surface area contributed by atoms with Crippen molar-refractivity contribution in [3.05, 3.63) is 0 Å². The molecule has 2 unspecified atom stereocenters. The number of hydrogen-bond donors (Lipinski definition) is 2. The van der Waals surface area contributed by atoms with Gasteiger partial charge in [0, 0.05) is 26.3 Å². The van der Waals surface area contributed by atoms with Gasteiger partial charge in [0.25, 0.3) is 0 Å². The Balaban J connectivity index is 1.59. The van der Waals surface area contributed by atoms with E-state index in [2.05, 4.69) is 10.6 Å². The summed E-state index contributed by atoms with van der Waals surface area (Å²) in [6, 6.07) is 0. The molecule has 0 aromatic carbocycles. The second kappa shape index (κ2) is 6.70. The molecule has 0 spiro atoms. The molecule has 2 fully saturated rings. The average molecular weight is 256 g/mol. The minimum Gasteiger partial charge on any atom is -0.376 e. The summed E-state index contributed by atoms with van der Waals surface area (Å²) in [4.78, 5) is 23.0. The first-order chi connectivity index (χ1) is 8.75. The van der Waals surface area contributed by atoms with Crippen LogP contribution in [0.1, 0.15) is 25.7 Å². The van der Waals surface area contributed by atoms with E-state index in [0.717, 1.165) is 38.9 Å². The molecule has 0 aromatic rings. The standard InChI is InChI=1S/C12H20N2O4/c15-11(13-7-9-3-1-5-17-9)12(16)14-8-10-4-2-6-18-10/h9-10H,1-8H2,(H,13,15)(H,14,16). The highest BCUT2D eigenvalue weighted by Crippen LogP contribution is 2.11. The lowest BCUT2D eigenvalue weighted by atomic mass is 10.2. The Morgan fingerprint density at radius 2 is 1.33 bits per heavy atom. The van der Waals surface area contributed by atoms with Crippen molar-refractivity contribution in [2.45, 2.75) is 37.9 Å². The predicted octanol–water partition coefficient (Wildman–Crippen LogP) is -0.423. The molecule has 18 heavy (non-hydrogen) atoms. The van der Waals surface area contributed by atoms with Gasteiger partial charge in [-0.1, -0.05) is 0 Å². The van der Waals surface area contributed by atoms with Gasteiger partial charge in [-0.05, 0) is 25.7 Å². The van der Waals surface area contributed by atoms with Crippen LogP contribution >= 0.6 is 0 Å². The normalized spacial score (nSPS) is 27.1. The van der Waals surface area contributed by atoms with E-state index in [9.17, 15) is 9.59 Å². The third-order valence-electron chi connectivity index (χ3n) is 3.23. The van der Waals surface area contributed by atoms with Crippen LogP contribution in [0.2, 0.25) is 0 Å². The highest BCUT2D eigenvalue weighted by Gasteiger charge is 2.21. The summed E-state index contributed by atoms with van der Waals surface area (Å²) < 4.78 is 10.7. The second-order valence-electron chi connectivity index (χ2n) is 4.69. The topological polar surface area (TPSA) is 76.7 Å². The van der Waals surface area contributed by atoms with Crippen LogP contribution in [0.3, 0.4) is 0 Å². The first kappa shape index (κ1) is 13.3. The summed E-state index contributed by atoms with van der Waals surface area (Å²) in [6.07, 6.45) is 4.03. The Kier molecular flexibility index (Phi) is 4.95. The smallest absolute Gasteiger partial charge is 0.309 e. The molecule has 2 aliphatic rings. The summed E-state index contributed by atoms with van der Waals surface area (Å²) in [5.41, 5.74) is 0. The Morgan fingerprint density at radius 3 is 1.67 bits per heavy atom. The second-order valence-corrected chi connectivity index (χ2v) is 4.69. The van der Waals surface area contributed by atoms with Gasteiger partial charge in [0.15, 0.2) is 0 Å². The molecule has 2 rings (SSSR count). The highest BCUT2D eigenvalue weighted by molar-refractivity contribution is 6.35. The minimum absolute atomic E-state index is 0.0555. The van der Waals surface area contributed by atoms with Crippen LogP contribution in [0, 0.1) is 0 Å². The first-order valence-corrected chi connectivity index (χ1v) is 6.55. The SMILES string of the molecule is O=C(NCC1CCCO1)C(=O)NCC1CCCO1. The Hall–Kier alpha value is -1.14. The molecule has 0 aromatic heterocycles. The molecule has 2 heterocycles. The van der Waals surface area contributed by atoms with E-state index in [0.29, 0.717) is 13.1 Å². The summed E-state index contributed by atoms with van der Waals surface area (Å²) in [5, 5.41) is 5.17. The highest BCUT2D eigenvalue weighted by atomic mass is 16.5. The fourth-order valence-corrected chi connectivity index (χ4v) is 2.18. The summed E-state index contributed by atoms with van der Waals surface area (Å²) in [5.74, 6) is -1.19. The molecule has 102 valence electrons. The molecular formula is C12H20N2O4. The van der Waals surface area contributed by atoms with Crippen molar-refractivity contribution < 1.29 is 19.1 Å². The molecule has 0 bridgehead atoms. The number of carbonyl (C=O) groups excluding carboxylic acids is 2. The van der Waals surface area contributed by atoms with Crippen LogP contribution in [0.25, 0.3) is 0 Å². The van der Waals surface area contributed by atoms with E-state index < -0.39 is 11.8 Å². The van der Waals surface area contributed by atoms with E-state index in [1.807, 2.05) is 0 Å². The maximum Gasteiger partial charge on any atom is 0.309 e.